The summed E-state index contributed by atoms with van der Waals surface area (Å²) in [7, 11) is 0. The Hall–Kier alpha value is -1.66. The monoisotopic (exact) mass is 349 g/mol. The summed E-state index contributed by atoms with van der Waals surface area (Å²) >= 11 is 11.3. The number of anilines is 1. The van der Waals surface area contributed by atoms with Gasteiger partial charge < -0.3 is 5.32 Å². The van der Waals surface area contributed by atoms with Crippen LogP contribution in [0.25, 0.3) is 0 Å². The fraction of sp³-hybridized carbons (Fsp3) is 0.438. The summed E-state index contributed by atoms with van der Waals surface area (Å²) in [5.74, 6) is 0.514. The molecule has 23 heavy (non-hydrogen) atoms. The third kappa shape index (κ3) is 4.91. The van der Waals surface area contributed by atoms with Crippen LogP contribution in [0.3, 0.4) is 0 Å². The molecule has 122 valence electrons. The summed E-state index contributed by atoms with van der Waals surface area (Å²) in [5.41, 5.74) is 1.08. The molecule has 0 spiro atoms. The number of halogens is 1. The molecule has 0 atom stereocenters. The first-order valence-corrected chi connectivity index (χ1v) is 8.69. The fourth-order valence-corrected chi connectivity index (χ4v) is 3.29. The quantitative estimate of drug-likeness (QED) is 0.826. The first-order valence-electron chi connectivity index (χ1n) is 7.90. The first-order chi connectivity index (χ1) is 11.2. The number of hydrogen-bond donors (Lipinski definition) is 2. The first kappa shape index (κ1) is 16.2. The minimum Gasteiger partial charge on any atom is -0.360 e. The second-order valence-corrected chi connectivity index (χ2v) is 6.67. The van der Waals surface area contributed by atoms with Crippen molar-refractivity contribution >= 4 is 34.9 Å². The Morgan fingerprint density at radius 1 is 1.30 bits per heavy atom. The lowest BCUT2D eigenvalue weighted by molar-refractivity contribution is 0.414. The molecule has 1 heterocycles. The summed E-state index contributed by atoms with van der Waals surface area (Å²) in [6.07, 6.45) is 7.91. The van der Waals surface area contributed by atoms with Crippen molar-refractivity contribution in [1.29, 1.82) is 0 Å². The molecule has 1 aromatic heterocycles. The Kier molecular flexibility index (Phi) is 5.46. The minimum absolute atomic E-state index is 0.470. The third-order valence-corrected chi connectivity index (χ3v) is 4.39. The van der Waals surface area contributed by atoms with Gasteiger partial charge in [-0.2, -0.15) is 0 Å². The summed E-state index contributed by atoms with van der Waals surface area (Å²) < 4.78 is 1.76. The molecule has 3 rings (SSSR count). The molecule has 1 fully saturated rings. The average molecular weight is 350 g/mol. The van der Waals surface area contributed by atoms with Crippen molar-refractivity contribution in [2.45, 2.75) is 44.7 Å². The zero-order chi connectivity index (χ0) is 16.1. The molecule has 0 bridgehead atoms. The van der Waals surface area contributed by atoms with Crippen LogP contribution in [0.15, 0.2) is 30.6 Å². The van der Waals surface area contributed by atoms with E-state index in [-0.39, 0.29) is 0 Å². The topological polar surface area (TPSA) is 54.8 Å². The van der Waals surface area contributed by atoms with Crippen LogP contribution in [0, 0.1) is 0 Å². The van der Waals surface area contributed by atoms with E-state index in [2.05, 4.69) is 20.7 Å². The Morgan fingerprint density at radius 2 is 2.13 bits per heavy atom. The predicted molar refractivity (Wildman–Crippen MR) is 96.8 cm³/mol. The van der Waals surface area contributed by atoms with Gasteiger partial charge in [-0.15, -0.1) is 5.10 Å². The van der Waals surface area contributed by atoms with Crippen LogP contribution in [0.4, 0.5) is 5.95 Å². The number of thiocarbonyl (C=S) groups is 1. The number of rotatable bonds is 4. The molecule has 2 N–H and O–H groups in total. The van der Waals surface area contributed by atoms with Gasteiger partial charge in [0.2, 0.25) is 5.95 Å². The standard InChI is InChI=1S/C16H20ClN5S/c17-13-6-4-5-12(9-13)10-22-11-18-15(21-22)20-16(23)19-14-7-2-1-3-8-14/h4-6,9,11,14H,1-3,7-8,10H2,(H2,19,20,21,23). The van der Waals surface area contributed by atoms with Gasteiger partial charge in [0.1, 0.15) is 6.33 Å². The molecule has 7 heteroatoms. The molecule has 0 aliphatic heterocycles. The van der Waals surface area contributed by atoms with E-state index in [0.29, 0.717) is 23.6 Å². The lowest BCUT2D eigenvalue weighted by Crippen LogP contribution is -2.39. The lowest BCUT2D eigenvalue weighted by Gasteiger charge is -2.23. The van der Waals surface area contributed by atoms with Crippen LogP contribution in [0.2, 0.25) is 5.02 Å². The van der Waals surface area contributed by atoms with E-state index in [4.69, 9.17) is 23.8 Å². The van der Waals surface area contributed by atoms with Crippen LogP contribution < -0.4 is 10.6 Å². The number of benzene rings is 1. The maximum Gasteiger partial charge on any atom is 0.248 e. The van der Waals surface area contributed by atoms with Crippen LogP contribution in [-0.2, 0) is 6.54 Å². The molecular weight excluding hydrogens is 330 g/mol. The van der Waals surface area contributed by atoms with Gasteiger partial charge in [-0.1, -0.05) is 43.0 Å². The van der Waals surface area contributed by atoms with Crippen LogP contribution in [0.1, 0.15) is 37.7 Å². The zero-order valence-corrected chi connectivity index (χ0v) is 14.4. The molecule has 2 aromatic rings. The lowest BCUT2D eigenvalue weighted by atomic mass is 9.96. The van der Waals surface area contributed by atoms with Crippen molar-refractivity contribution < 1.29 is 0 Å². The number of hydrogen-bond acceptors (Lipinski definition) is 3. The van der Waals surface area contributed by atoms with E-state index >= 15 is 0 Å². The van der Waals surface area contributed by atoms with Crippen LogP contribution in [0.5, 0.6) is 0 Å². The summed E-state index contributed by atoms with van der Waals surface area (Å²) in [5, 5.41) is 12.1. The smallest absolute Gasteiger partial charge is 0.248 e. The maximum atomic E-state index is 5.99. The van der Waals surface area contributed by atoms with Crippen molar-refractivity contribution in [3.05, 3.63) is 41.2 Å². The van der Waals surface area contributed by atoms with E-state index in [0.717, 1.165) is 10.6 Å². The summed E-state index contributed by atoms with van der Waals surface area (Å²) in [6, 6.07) is 8.19. The zero-order valence-electron chi connectivity index (χ0n) is 12.8. The molecule has 0 radical (unpaired) electrons. The minimum atomic E-state index is 0.470. The van der Waals surface area contributed by atoms with Crippen molar-refractivity contribution in [2.75, 3.05) is 5.32 Å². The second-order valence-electron chi connectivity index (χ2n) is 5.83. The predicted octanol–water partition coefficient (Wildman–Crippen LogP) is 3.60. The second kappa shape index (κ2) is 7.75. The maximum absolute atomic E-state index is 5.99. The molecule has 0 amide bonds. The summed E-state index contributed by atoms with van der Waals surface area (Å²) in [6.45, 7) is 0.623. The van der Waals surface area contributed by atoms with E-state index in [1.165, 1.54) is 32.1 Å². The van der Waals surface area contributed by atoms with Crippen molar-refractivity contribution in [1.82, 2.24) is 20.1 Å². The number of nitrogens with zero attached hydrogens (tertiary/aromatic N) is 3. The van der Waals surface area contributed by atoms with Gasteiger partial charge in [-0.05, 0) is 42.8 Å². The van der Waals surface area contributed by atoms with E-state index in [1.54, 1.807) is 11.0 Å². The van der Waals surface area contributed by atoms with Crippen molar-refractivity contribution in [3.63, 3.8) is 0 Å². The molecular formula is C16H20ClN5S. The van der Waals surface area contributed by atoms with Gasteiger partial charge in [0.25, 0.3) is 0 Å². The van der Waals surface area contributed by atoms with E-state index in [9.17, 15) is 0 Å². The van der Waals surface area contributed by atoms with Gasteiger partial charge in [0, 0.05) is 11.1 Å². The highest BCUT2D eigenvalue weighted by Crippen LogP contribution is 2.17. The Morgan fingerprint density at radius 3 is 2.91 bits per heavy atom. The molecule has 1 aliphatic carbocycles. The van der Waals surface area contributed by atoms with E-state index < -0.39 is 0 Å². The normalized spacial score (nSPS) is 15.3. The van der Waals surface area contributed by atoms with Gasteiger partial charge in [-0.3, -0.25) is 5.32 Å². The number of aromatic nitrogens is 3. The van der Waals surface area contributed by atoms with Crippen molar-refractivity contribution in [3.8, 4) is 0 Å². The highest BCUT2D eigenvalue weighted by atomic mass is 35.5. The highest BCUT2D eigenvalue weighted by Gasteiger charge is 2.14. The van der Waals surface area contributed by atoms with Gasteiger partial charge in [0.15, 0.2) is 5.11 Å². The van der Waals surface area contributed by atoms with Gasteiger partial charge in [-0.25, -0.2) is 9.67 Å². The molecule has 1 aromatic carbocycles. The summed E-state index contributed by atoms with van der Waals surface area (Å²) in [4.78, 5) is 4.25. The van der Waals surface area contributed by atoms with E-state index in [1.807, 2.05) is 24.3 Å². The molecule has 5 nitrogen and oxygen atoms in total. The molecule has 1 aliphatic rings. The largest absolute Gasteiger partial charge is 0.360 e. The van der Waals surface area contributed by atoms with Crippen LogP contribution >= 0.6 is 23.8 Å². The molecule has 0 unspecified atom stereocenters. The number of nitrogens with one attached hydrogen (secondary N) is 2. The average Bonchev–Trinajstić information content (AvgIpc) is 2.95. The third-order valence-electron chi connectivity index (χ3n) is 3.94. The highest BCUT2D eigenvalue weighted by molar-refractivity contribution is 7.80. The Balaban J connectivity index is 1.53. The molecule has 1 saturated carbocycles. The fourth-order valence-electron chi connectivity index (χ4n) is 2.82. The Bertz CT molecular complexity index is 666. The van der Waals surface area contributed by atoms with Gasteiger partial charge >= 0.3 is 0 Å². The van der Waals surface area contributed by atoms with Crippen molar-refractivity contribution in [2.24, 2.45) is 0 Å². The van der Waals surface area contributed by atoms with Crippen LogP contribution in [-0.4, -0.2) is 25.9 Å². The SMILES string of the molecule is S=C(Nc1ncn(Cc2cccc(Cl)c2)n1)NC1CCCCC1. The Labute approximate surface area is 146 Å². The van der Waals surface area contributed by atoms with Gasteiger partial charge in [0.05, 0.1) is 6.54 Å². The molecule has 0 saturated heterocycles.